The van der Waals surface area contributed by atoms with E-state index in [-0.39, 0.29) is 5.69 Å². The maximum Gasteiger partial charge on any atom is 0.494 e. The molecular formula is C20H23BClFN2O3. The van der Waals surface area contributed by atoms with Gasteiger partial charge in [0.05, 0.1) is 27.6 Å². The lowest BCUT2D eigenvalue weighted by Crippen LogP contribution is -2.41. The average Bonchev–Trinajstić information content (AvgIpc) is 2.80. The summed E-state index contributed by atoms with van der Waals surface area (Å²) in [5.74, 6) is -0.585. The van der Waals surface area contributed by atoms with Crippen molar-refractivity contribution in [3.05, 3.63) is 52.8 Å². The van der Waals surface area contributed by atoms with Gasteiger partial charge in [-0.3, -0.25) is 0 Å². The molecule has 3 rings (SSSR count). The van der Waals surface area contributed by atoms with Gasteiger partial charge in [-0.05, 0) is 69.9 Å². The Morgan fingerprint density at radius 3 is 2.21 bits per heavy atom. The van der Waals surface area contributed by atoms with Crippen molar-refractivity contribution in [3.8, 4) is 0 Å². The number of anilines is 2. The lowest BCUT2D eigenvalue weighted by molar-refractivity contribution is 0.00578. The minimum atomic E-state index is -0.673. The van der Waals surface area contributed by atoms with E-state index in [1.807, 2.05) is 40.7 Å². The normalized spacial score (nSPS) is 17.5. The molecule has 1 heterocycles. The molecule has 1 fully saturated rings. The molecule has 0 bridgehead atoms. The topological polar surface area (TPSA) is 59.6 Å². The number of rotatable bonds is 3. The molecular weight excluding hydrogens is 381 g/mol. The minimum Gasteiger partial charge on any atom is -0.399 e. The number of carbonyl (C=O) groups is 1. The predicted octanol–water partition coefficient (Wildman–Crippen LogP) is 4.73. The number of nitrogens with one attached hydrogen (secondary N) is 2. The number of amides is 2. The molecule has 2 aromatic carbocycles. The molecule has 0 radical (unpaired) electrons. The smallest absolute Gasteiger partial charge is 0.399 e. The maximum atomic E-state index is 14.6. The van der Waals surface area contributed by atoms with Crippen molar-refractivity contribution >= 4 is 41.6 Å². The Bertz CT molecular complexity index is 904. The third-order valence-corrected chi connectivity index (χ3v) is 5.47. The zero-order valence-electron chi connectivity index (χ0n) is 16.5. The monoisotopic (exact) mass is 404 g/mol. The van der Waals surface area contributed by atoms with Gasteiger partial charge >= 0.3 is 13.1 Å². The summed E-state index contributed by atoms with van der Waals surface area (Å²) >= 11 is 6.07. The van der Waals surface area contributed by atoms with Gasteiger partial charge in [-0.2, -0.15) is 0 Å². The van der Waals surface area contributed by atoms with Crippen LogP contribution in [0.15, 0.2) is 36.4 Å². The summed E-state index contributed by atoms with van der Waals surface area (Å²) in [6.45, 7) is 9.60. The molecule has 0 spiro atoms. The van der Waals surface area contributed by atoms with E-state index < -0.39 is 30.2 Å². The first-order valence-electron chi connectivity index (χ1n) is 8.98. The summed E-state index contributed by atoms with van der Waals surface area (Å²) < 4.78 is 26.4. The fourth-order valence-electron chi connectivity index (χ4n) is 2.77. The van der Waals surface area contributed by atoms with Gasteiger partial charge < -0.3 is 19.9 Å². The Morgan fingerprint density at radius 1 is 1.00 bits per heavy atom. The number of benzene rings is 2. The van der Waals surface area contributed by atoms with Crippen LogP contribution in [0.1, 0.15) is 33.3 Å². The molecule has 0 aliphatic carbocycles. The molecule has 0 aromatic heterocycles. The first kappa shape index (κ1) is 20.6. The fourth-order valence-corrected chi connectivity index (χ4v) is 2.93. The molecule has 0 atom stereocenters. The first-order chi connectivity index (χ1) is 13.0. The molecule has 8 heteroatoms. The Balaban J connectivity index is 1.71. The van der Waals surface area contributed by atoms with Crippen LogP contribution in [-0.4, -0.2) is 24.4 Å². The van der Waals surface area contributed by atoms with Crippen LogP contribution in [0.3, 0.4) is 0 Å². The van der Waals surface area contributed by atoms with Crippen LogP contribution >= 0.6 is 11.6 Å². The Hall–Kier alpha value is -2.09. The van der Waals surface area contributed by atoms with E-state index >= 15 is 0 Å². The van der Waals surface area contributed by atoms with E-state index in [1.165, 1.54) is 12.1 Å². The van der Waals surface area contributed by atoms with E-state index in [2.05, 4.69) is 10.6 Å². The second-order valence-corrected chi connectivity index (χ2v) is 8.30. The molecule has 148 valence electrons. The highest BCUT2D eigenvalue weighted by atomic mass is 35.5. The average molecular weight is 405 g/mol. The summed E-state index contributed by atoms with van der Waals surface area (Å²) in [4.78, 5) is 12.2. The molecule has 2 amide bonds. The number of urea groups is 1. The highest BCUT2D eigenvalue weighted by molar-refractivity contribution is 6.62. The van der Waals surface area contributed by atoms with Crippen molar-refractivity contribution in [2.45, 2.75) is 45.8 Å². The standard InChI is InChI=1S/C20H23BClFN2O3/c1-12-6-8-14(22)17(10-12)25-18(26)24-16-9-7-13(11-15(16)23)21-27-19(2,3)20(4,5)28-21/h6-11H,1-5H3,(H2,24,25,26). The fraction of sp³-hybridized carbons (Fsp3) is 0.350. The van der Waals surface area contributed by atoms with Crippen LogP contribution in [0.25, 0.3) is 0 Å². The SMILES string of the molecule is Cc1ccc(Cl)c(NC(=O)Nc2ccc(B3OC(C)(C)C(C)(C)O3)cc2F)c1. The Labute approximate surface area is 169 Å². The van der Waals surface area contributed by atoms with Gasteiger partial charge in [0.1, 0.15) is 5.82 Å². The van der Waals surface area contributed by atoms with Gasteiger partial charge in [0.15, 0.2) is 0 Å². The van der Waals surface area contributed by atoms with Crippen molar-refractivity contribution in [3.63, 3.8) is 0 Å². The van der Waals surface area contributed by atoms with Crippen LogP contribution in [-0.2, 0) is 9.31 Å². The predicted molar refractivity (Wildman–Crippen MR) is 111 cm³/mol. The van der Waals surface area contributed by atoms with Gasteiger partial charge in [0.25, 0.3) is 0 Å². The highest BCUT2D eigenvalue weighted by Gasteiger charge is 2.51. The van der Waals surface area contributed by atoms with Gasteiger partial charge in [-0.25, -0.2) is 9.18 Å². The zero-order chi connectivity index (χ0) is 20.7. The van der Waals surface area contributed by atoms with Gasteiger partial charge in [-0.1, -0.05) is 23.7 Å². The molecule has 2 aromatic rings. The second-order valence-electron chi connectivity index (χ2n) is 7.89. The minimum absolute atomic E-state index is 0.0431. The summed E-state index contributed by atoms with van der Waals surface area (Å²) in [6.07, 6.45) is 0. The van der Waals surface area contributed by atoms with Gasteiger partial charge in [0.2, 0.25) is 0 Å². The molecule has 28 heavy (non-hydrogen) atoms. The highest BCUT2D eigenvalue weighted by Crippen LogP contribution is 2.36. The van der Waals surface area contributed by atoms with Crippen LogP contribution < -0.4 is 16.1 Å². The van der Waals surface area contributed by atoms with E-state index in [0.717, 1.165) is 5.56 Å². The summed E-state index contributed by atoms with van der Waals surface area (Å²) in [6, 6.07) is 9.12. The molecule has 1 saturated heterocycles. The van der Waals surface area contributed by atoms with Crippen molar-refractivity contribution in [2.75, 3.05) is 10.6 Å². The molecule has 5 nitrogen and oxygen atoms in total. The van der Waals surface area contributed by atoms with Crippen LogP contribution in [0.4, 0.5) is 20.6 Å². The van der Waals surface area contributed by atoms with Crippen LogP contribution in [0.5, 0.6) is 0 Å². The van der Waals surface area contributed by atoms with Gasteiger partial charge in [0, 0.05) is 0 Å². The van der Waals surface area contributed by atoms with E-state index in [1.54, 1.807) is 18.2 Å². The first-order valence-corrected chi connectivity index (χ1v) is 9.35. The lowest BCUT2D eigenvalue weighted by Gasteiger charge is -2.32. The quantitative estimate of drug-likeness (QED) is 0.727. The largest absolute Gasteiger partial charge is 0.494 e. The molecule has 1 aliphatic rings. The number of hydrogen-bond acceptors (Lipinski definition) is 3. The third-order valence-electron chi connectivity index (χ3n) is 5.14. The zero-order valence-corrected chi connectivity index (χ0v) is 17.3. The van der Waals surface area contributed by atoms with Crippen molar-refractivity contribution in [2.24, 2.45) is 0 Å². The van der Waals surface area contributed by atoms with Crippen molar-refractivity contribution in [1.82, 2.24) is 0 Å². The third kappa shape index (κ3) is 4.16. The number of aryl methyl sites for hydroxylation is 1. The van der Waals surface area contributed by atoms with Crippen LogP contribution in [0, 0.1) is 12.7 Å². The summed E-state index contributed by atoms with van der Waals surface area (Å²) in [5.41, 5.74) is 0.951. The Kier molecular flexibility index (Phi) is 5.45. The number of carbonyl (C=O) groups excluding carboxylic acids is 1. The number of halogens is 2. The van der Waals surface area contributed by atoms with Crippen LogP contribution in [0.2, 0.25) is 5.02 Å². The van der Waals surface area contributed by atoms with Crippen molar-refractivity contribution in [1.29, 1.82) is 0 Å². The van der Waals surface area contributed by atoms with E-state index in [4.69, 9.17) is 20.9 Å². The van der Waals surface area contributed by atoms with Gasteiger partial charge in [-0.15, -0.1) is 0 Å². The second kappa shape index (κ2) is 7.39. The summed E-state index contributed by atoms with van der Waals surface area (Å²) in [7, 11) is -0.673. The molecule has 0 saturated carbocycles. The molecule has 2 N–H and O–H groups in total. The van der Waals surface area contributed by atoms with E-state index in [0.29, 0.717) is 16.2 Å². The molecule has 1 aliphatic heterocycles. The summed E-state index contributed by atoms with van der Waals surface area (Å²) in [5, 5.41) is 5.51. The molecule has 0 unspecified atom stereocenters. The maximum absolute atomic E-state index is 14.6. The Morgan fingerprint density at radius 2 is 1.61 bits per heavy atom. The van der Waals surface area contributed by atoms with E-state index in [9.17, 15) is 9.18 Å². The van der Waals surface area contributed by atoms with Crippen molar-refractivity contribution < 1.29 is 18.5 Å². The number of hydrogen-bond donors (Lipinski definition) is 2. The lowest BCUT2D eigenvalue weighted by atomic mass is 9.79.